The Balaban J connectivity index is 3.87. The molecule has 0 aliphatic heterocycles. The summed E-state index contributed by atoms with van der Waals surface area (Å²) < 4.78 is 5.96. The summed E-state index contributed by atoms with van der Waals surface area (Å²) in [5.41, 5.74) is 0. The number of carboxylic acids is 1. The van der Waals surface area contributed by atoms with Gasteiger partial charge in [-0.25, -0.2) is 0 Å². The largest absolute Gasteiger partial charge is 0.481 e. The van der Waals surface area contributed by atoms with E-state index in [2.05, 4.69) is 50.3 Å². The number of hydrogen-bond donors (Lipinski definition) is 1. The first-order valence-corrected chi connectivity index (χ1v) is 18.0. The number of esters is 1. The minimum atomic E-state index is -0.677. The van der Waals surface area contributed by atoms with Gasteiger partial charge in [-0.05, 0) is 70.6 Å². The molecule has 0 aromatic rings. The first-order valence-electron chi connectivity index (χ1n) is 18.0. The molecule has 0 radical (unpaired) electrons. The predicted molar refractivity (Wildman–Crippen MR) is 181 cm³/mol. The Morgan fingerprint density at radius 3 is 1.55 bits per heavy atom. The van der Waals surface area contributed by atoms with Crippen LogP contribution < -0.4 is 0 Å². The molecule has 0 spiro atoms. The van der Waals surface area contributed by atoms with Crippen LogP contribution in [0.1, 0.15) is 187 Å². The molecule has 42 heavy (non-hydrogen) atoms. The molecule has 0 saturated carbocycles. The summed E-state index contributed by atoms with van der Waals surface area (Å²) >= 11 is 0. The van der Waals surface area contributed by atoms with Crippen LogP contribution in [0.2, 0.25) is 0 Å². The molecule has 244 valence electrons. The summed E-state index contributed by atoms with van der Waals surface area (Å²) in [7, 11) is 0. The van der Waals surface area contributed by atoms with Gasteiger partial charge in [0.15, 0.2) is 0 Å². The van der Waals surface area contributed by atoms with Crippen molar-refractivity contribution in [3.8, 4) is 0 Å². The monoisotopic (exact) mass is 589 g/mol. The highest BCUT2D eigenvalue weighted by Crippen LogP contribution is 2.18. The second-order valence-corrected chi connectivity index (χ2v) is 12.0. The lowest BCUT2D eigenvalue weighted by molar-refractivity contribution is -0.150. The molecule has 0 bridgehead atoms. The van der Waals surface area contributed by atoms with Crippen molar-refractivity contribution in [1.29, 1.82) is 0 Å². The molecule has 4 nitrogen and oxygen atoms in total. The maximum atomic E-state index is 12.5. The molecule has 0 amide bonds. The van der Waals surface area contributed by atoms with Gasteiger partial charge in [-0.2, -0.15) is 0 Å². The van der Waals surface area contributed by atoms with E-state index in [0.717, 1.165) is 77.0 Å². The highest BCUT2D eigenvalue weighted by atomic mass is 16.5. The van der Waals surface area contributed by atoms with Crippen molar-refractivity contribution in [2.45, 2.75) is 193 Å². The third kappa shape index (κ3) is 32.7. The quantitative estimate of drug-likeness (QED) is 0.0482. The molecule has 1 atom stereocenters. The van der Waals surface area contributed by atoms with Crippen molar-refractivity contribution in [2.75, 3.05) is 0 Å². The molecule has 4 heteroatoms. The minimum Gasteiger partial charge on any atom is -0.481 e. The van der Waals surface area contributed by atoms with E-state index < -0.39 is 5.97 Å². The Bertz CT molecular complexity index is 679. The first kappa shape index (κ1) is 40.2. The summed E-state index contributed by atoms with van der Waals surface area (Å²) in [6.07, 6.45) is 43.2. The van der Waals surface area contributed by atoms with Crippen LogP contribution in [-0.2, 0) is 14.3 Å². The fraction of sp³-hybridized carbons (Fsp3) is 0.789. The first-order chi connectivity index (χ1) is 20.6. The molecule has 1 unspecified atom stereocenters. The molecule has 0 aromatic carbocycles. The standard InChI is InChI=1S/C38H68O4/c1-3-5-7-9-10-11-12-13-14-15-16-21-24-27-31-35-38(41)42-36(32-28-8-6-4-2)33-29-25-22-19-17-18-20-23-26-30-34-37(39)40/h5,7,10-11,13-14,36H,3-4,6,8-9,12,15-35H2,1-2H3,(H,39,40)/b7-5-,11-10-,14-13-. The van der Waals surface area contributed by atoms with Gasteiger partial charge < -0.3 is 9.84 Å². The van der Waals surface area contributed by atoms with E-state index >= 15 is 0 Å². The molecule has 0 saturated heterocycles. The number of rotatable bonds is 32. The topological polar surface area (TPSA) is 63.6 Å². The van der Waals surface area contributed by atoms with Gasteiger partial charge in [-0.3, -0.25) is 9.59 Å². The van der Waals surface area contributed by atoms with Gasteiger partial charge in [-0.1, -0.05) is 140 Å². The van der Waals surface area contributed by atoms with Crippen LogP contribution >= 0.6 is 0 Å². The molecule has 0 aliphatic carbocycles. The SMILES string of the molecule is CC/C=C\C/C=C\C/C=C\CCCCCCCC(=O)OC(CCCCCC)CCCCCCCCCCCCC(=O)O. The molecular weight excluding hydrogens is 520 g/mol. The summed E-state index contributed by atoms with van der Waals surface area (Å²) in [5, 5.41) is 8.68. The van der Waals surface area contributed by atoms with Gasteiger partial charge in [0.2, 0.25) is 0 Å². The lowest BCUT2D eigenvalue weighted by atomic mass is 10.0. The molecule has 0 aromatic heterocycles. The summed E-state index contributed by atoms with van der Waals surface area (Å²) in [6.45, 7) is 4.40. The van der Waals surface area contributed by atoms with E-state index in [1.165, 1.54) is 83.5 Å². The Morgan fingerprint density at radius 1 is 0.548 bits per heavy atom. The molecular formula is C38H68O4. The van der Waals surface area contributed by atoms with Crippen molar-refractivity contribution < 1.29 is 19.4 Å². The highest BCUT2D eigenvalue weighted by molar-refractivity contribution is 5.69. The van der Waals surface area contributed by atoms with Gasteiger partial charge in [-0.15, -0.1) is 0 Å². The number of carbonyl (C=O) groups is 2. The van der Waals surface area contributed by atoms with Crippen molar-refractivity contribution in [3.63, 3.8) is 0 Å². The number of carbonyl (C=O) groups excluding carboxylic acids is 1. The van der Waals surface area contributed by atoms with Crippen LogP contribution in [0.5, 0.6) is 0 Å². The zero-order valence-corrected chi connectivity index (χ0v) is 27.8. The number of hydrogen-bond acceptors (Lipinski definition) is 3. The third-order valence-electron chi connectivity index (χ3n) is 7.88. The maximum absolute atomic E-state index is 12.5. The van der Waals surface area contributed by atoms with Crippen LogP contribution in [-0.4, -0.2) is 23.1 Å². The number of ether oxygens (including phenoxy) is 1. The van der Waals surface area contributed by atoms with Crippen LogP contribution in [0.4, 0.5) is 0 Å². The zero-order valence-electron chi connectivity index (χ0n) is 27.8. The fourth-order valence-corrected chi connectivity index (χ4v) is 5.26. The Morgan fingerprint density at radius 2 is 1.00 bits per heavy atom. The second kappa shape index (κ2) is 33.7. The van der Waals surface area contributed by atoms with Gasteiger partial charge >= 0.3 is 11.9 Å². The van der Waals surface area contributed by atoms with E-state index in [1.54, 1.807) is 0 Å². The molecule has 0 fully saturated rings. The average Bonchev–Trinajstić information content (AvgIpc) is 2.97. The fourth-order valence-electron chi connectivity index (χ4n) is 5.26. The van der Waals surface area contributed by atoms with E-state index in [4.69, 9.17) is 9.84 Å². The highest BCUT2D eigenvalue weighted by Gasteiger charge is 2.14. The predicted octanol–water partition coefficient (Wildman–Crippen LogP) is 12.2. The number of aliphatic carboxylic acids is 1. The number of unbranched alkanes of at least 4 members (excludes halogenated alkanes) is 17. The lowest BCUT2D eigenvalue weighted by Gasteiger charge is -2.18. The van der Waals surface area contributed by atoms with E-state index in [1.807, 2.05) is 0 Å². The average molecular weight is 589 g/mol. The van der Waals surface area contributed by atoms with Crippen LogP contribution in [0.25, 0.3) is 0 Å². The number of allylic oxidation sites excluding steroid dienone is 6. The maximum Gasteiger partial charge on any atom is 0.306 e. The number of carboxylic acid groups (broad SMARTS) is 1. The smallest absolute Gasteiger partial charge is 0.306 e. The van der Waals surface area contributed by atoms with E-state index in [-0.39, 0.29) is 12.1 Å². The second-order valence-electron chi connectivity index (χ2n) is 12.0. The summed E-state index contributed by atoms with van der Waals surface area (Å²) in [6, 6.07) is 0. The molecule has 0 heterocycles. The van der Waals surface area contributed by atoms with Crippen molar-refractivity contribution >= 4 is 11.9 Å². The molecule has 0 rings (SSSR count). The van der Waals surface area contributed by atoms with Crippen LogP contribution in [0.15, 0.2) is 36.5 Å². The van der Waals surface area contributed by atoms with Gasteiger partial charge in [0.05, 0.1) is 0 Å². The van der Waals surface area contributed by atoms with Crippen LogP contribution in [0, 0.1) is 0 Å². The minimum absolute atomic E-state index is 0.0139. The van der Waals surface area contributed by atoms with E-state index in [9.17, 15) is 9.59 Å². The molecule has 0 aliphatic rings. The normalized spacial score (nSPS) is 12.6. The van der Waals surface area contributed by atoms with Gasteiger partial charge in [0, 0.05) is 12.8 Å². The summed E-state index contributed by atoms with van der Waals surface area (Å²) in [4.78, 5) is 23.1. The van der Waals surface area contributed by atoms with Crippen LogP contribution in [0.3, 0.4) is 0 Å². The Hall–Kier alpha value is -1.84. The lowest BCUT2D eigenvalue weighted by Crippen LogP contribution is -2.18. The zero-order chi connectivity index (χ0) is 30.8. The Labute approximate surface area is 260 Å². The van der Waals surface area contributed by atoms with Crippen molar-refractivity contribution in [2.24, 2.45) is 0 Å². The van der Waals surface area contributed by atoms with Crippen molar-refractivity contribution in [1.82, 2.24) is 0 Å². The molecule has 1 N–H and O–H groups in total. The summed E-state index contributed by atoms with van der Waals surface area (Å²) in [5.74, 6) is -0.663. The Kier molecular flexibility index (Phi) is 32.2. The van der Waals surface area contributed by atoms with E-state index in [0.29, 0.717) is 12.8 Å². The van der Waals surface area contributed by atoms with Crippen molar-refractivity contribution in [3.05, 3.63) is 36.5 Å². The van der Waals surface area contributed by atoms with Gasteiger partial charge in [0.25, 0.3) is 0 Å². The third-order valence-corrected chi connectivity index (χ3v) is 7.88. The van der Waals surface area contributed by atoms with Gasteiger partial charge in [0.1, 0.15) is 6.10 Å².